The van der Waals surface area contributed by atoms with Crippen LogP contribution in [0.15, 0.2) is 29.3 Å². The second kappa shape index (κ2) is 21.0. The summed E-state index contributed by atoms with van der Waals surface area (Å²) in [4.78, 5) is 25.4. The first-order valence-electron chi connectivity index (χ1n) is 7.89. The van der Waals surface area contributed by atoms with Crippen molar-refractivity contribution in [2.75, 3.05) is 19.5 Å². The van der Waals surface area contributed by atoms with Crippen LogP contribution in [0.5, 0.6) is 0 Å². The van der Waals surface area contributed by atoms with Crippen molar-refractivity contribution in [3.63, 3.8) is 0 Å². The zero-order chi connectivity index (χ0) is 17.5. The van der Waals surface area contributed by atoms with Gasteiger partial charge in [-0.1, -0.05) is 61.6 Å². The molecular formula is C20H40N2O4. The molecule has 1 aromatic rings. The first-order chi connectivity index (χ1) is 11.2. The molecule has 6 heteroatoms. The van der Waals surface area contributed by atoms with Crippen molar-refractivity contribution in [1.29, 1.82) is 0 Å². The molecule has 0 radical (unpaired) electrons. The van der Waals surface area contributed by atoms with Crippen LogP contribution >= 0.6 is 0 Å². The standard InChI is InChI=1S/C15H22N2O4.C2H6.3CH4/c1-3-4-9-20-21-11-17-14(15(18)19-2)10-12-5-7-13(16)8-6-12;1-2;;;/h5-8,11,14H,3-4,9-10,16H2,1-2H3;1-2H3;3*1H4/t14-;;;;/m0..../s1. The average molecular weight is 373 g/mol. The first-order valence-corrected chi connectivity index (χ1v) is 7.89. The summed E-state index contributed by atoms with van der Waals surface area (Å²) < 4.78 is 4.73. The minimum Gasteiger partial charge on any atom is -0.467 e. The topological polar surface area (TPSA) is 83.1 Å². The van der Waals surface area contributed by atoms with Crippen molar-refractivity contribution < 1.29 is 19.3 Å². The van der Waals surface area contributed by atoms with Crippen molar-refractivity contribution >= 4 is 18.1 Å². The number of carbonyl (C=O) groups is 1. The maximum absolute atomic E-state index is 11.7. The number of esters is 1. The molecule has 6 nitrogen and oxygen atoms in total. The number of aliphatic imine (C=N–C) groups is 1. The lowest BCUT2D eigenvalue weighted by molar-refractivity contribution is -0.217. The van der Waals surface area contributed by atoms with Gasteiger partial charge in [0.15, 0.2) is 6.04 Å². The van der Waals surface area contributed by atoms with Crippen LogP contribution in [0.3, 0.4) is 0 Å². The molecule has 0 heterocycles. The van der Waals surface area contributed by atoms with E-state index in [1.807, 2.05) is 26.0 Å². The predicted molar refractivity (Wildman–Crippen MR) is 112 cm³/mol. The fourth-order valence-corrected chi connectivity index (χ4v) is 1.59. The Morgan fingerprint density at radius 3 is 2.27 bits per heavy atom. The lowest BCUT2D eigenvalue weighted by Crippen LogP contribution is -2.23. The Morgan fingerprint density at radius 2 is 1.77 bits per heavy atom. The highest BCUT2D eigenvalue weighted by Crippen LogP contribution is 2.10. The number of nitrogen functional groups attached to an aromatic ring is 1. The Kier molecular flexibility index (Phi) is 25.5. The van der Waals surface area contributed by atoms with E-state index in [-0.39, 0.29) is 22.3 Å². The molecule has 0 aliphatic heterocycles. The van der Waals surface area contributed by atoms with Crippen molar-refractivity contribution in [2.45, 2.75) is 68.4 Å². The summed E-state index contributed by atoms with van der Waals surface area (Å²) >= 11 is 0. The fraction of sp³-hybridized carbons (Fsp3) is 0.600. The molecule has 0 saturated carbocycles. The summed E-state index contributed by atoms with van der Waals surface area (Å²) in [6, 6.07) is 6.57. The van der Waals surface area contributed by atoms with Crippen LogP contribution in [-0.2, 0) is 25.7 Å². The average Bonchev–Trinajstić information content (AvgIpc) is 2.59. The lowest BCUT2D eigenvalue weighted by Gasteiger charge is -2.10. The van der Waals surface area contributed by atoms with Crippen LogP contribution < -0.4 is 5.73 Å². The number of ether oxygens (including phenoxy) is 1. The highest BCUT2D eigenvalue weighted by Gasteiger charge is 2.18. The van der Waals surface area contributed by atoms with Gasteiger partial charge in [0.25, 0.3) is 0 Å². The summed E-state index contributed by atoms with van der Waals surface area (Å²) in [5.74, 6) is -0.430. The molecule has 0 fully saturated rings. The number of anilines is 1. The predicted octanol–water partition coefficient (Wildman–Crippen LogP) is 5.06. The van der Waals surface area contributed by atoms with E-state index in [2.05, 4.69) is 11.9 Å². The largest absolute Gasteiger partial charge is 0.467 e. The number of nitrogens with two attached hydrogens (primary N) is 1. The summed E-state index contributed by atoms with van der Waals surface area (Å²) in [5.41, 5.74) is 7.23. The van der Waals surface area contributed by atoms with E-state index >= 15 is 0 Å². The van der Waals surface area contributed by atoms with Crippen molar-refractivity contribution in [1.82, 2.24) is 0 Å². The van der Waals surface area contributed by atoms with Crippen molar-refractivity contribution in [3.05, 3.63) is 29.8 Å². The first kappa shape index (κ1) is 31.7. The fourth-order valence-electron chi connectivity index (χ4n) is 1.59. The maximum atomic E-state index is 11.7. The van der Waals surface area contributed by atoms with Crippen LogP contribution in [-0.4, -0.2) is 32.1 Å². The minimum atomic E-state index is -0.673. The van der Waals surface area contributed by atoms with E-state index in [1.165, 1.54) is 7.11 Å². The second-order valence-electron chi connectivity index (χ2n) is 4.51. The Balaban J connectivity index is -0.000000467. The third kappa shape index (κ3) is 14.3. The smallest absolute Gasteiger partial charge is 0.331 e. The van der Waals surface area contributed by atoms with E-state index in [4.69, 9.17) is 20.2 Å². The zero-order valence-corrected chi connectivity index (χ0v) is 14.5. The van der Waals surface area contributed by atoms with Gasteiger partial charge in [-0.25, -0.2) is 9.79 Å². The number of nitrogens with zero attached hydrogens (tertiary/aromatic N) is 1. The molecule has 0 unspecified atom stereocenters. The molecule has 1 rings (SSSR count). The van der Waals surface area contributed by atoms with Gasteiger partial charge in [0.1, 0.15) is 0 Å². The van der Waals surface area contributed by atoms with Gasteiger partial charge in [0.2, 0.25) is 6.40 Å². The molecule has 0 amide bonds. The molecule has 0 aromatic heterocycles. The number of benzene rings is 1. The molecule has 0 spiro atoms. The zero-order valence-electron chi connectivity index (χ0n) is 14.5. The number of hydrogen-bond acceptors (Lipinski definition) is 6. The summed E-state index contributed by atoms with van der Waals surface area (Å²) in [5, 5.41) is 0. The van der Waals surface area contributed by atoms with E-state index in [1.54, 1.807) is 12.1 Å². The Bertz CT molecular complexity index is 448. The van der Waals surface area contributed by atoms with Crippen LogP contribution in [0.25, 0.3) is 0 Å². The van der Waals surface area contributed by atoms with Gasteiger partial charge in [-0.05, 0) is 24.1 Å². The van der Waals surface area contributed by atoms with Gasteiger partial charge in [-0.15, -0.1) is 0 Å². The molecule has 0 aliphatic carbocycles. The van der Waals surface area contributed by atoms with Crippen LogP contribution in [0, 0.1) is 0 Å². The normalized spacial score (nSPS) is 10.2. The summed E-state index contributed by atoms with van der Waals surface area (Å²) in [6.45, 7) is 6.54. The molecular weight excluding hydrogens is 332 g/mol. The molecule has 154 valence electrons. The highest BCUT2D eigenvalue weighted by molar-refractivity contribution is 5.77. The monoisotopic (exact) mass is 372 g/mol. The van der Waals surface area contributed by atoms with E-state index in [0.717, 1.165) is 24.8 Å². The number of methoxy groups -OCH3 is 1. The summed E-state index contributed by atoms with van der Waals surface area (Å²) in [7, 11) is 1.33. The van der Waals surface area contributed by atoms with E-state index < -0.39 is 12.0 Å². The number of carbonyl (C=O) groups excluding carboxylic acids is 1. The Morgan fingerprint density at radius 1 is 1.19 bits per heavy atom. The quantitative estimate of drug-likeness (QED) is 0.124. The van der Waals surface area contributed by atoms with Crippen LogP contribution in [0.1, 0.15) is 61.5 Å². The number of unbranched alkanes of at least 4 members (excludes halogenated alkanes) is 1. The molecule has 0 aliphatic rings. The molecule has 2 N–H and O–H groups in total. The molecule has 0 saturated heterocycles. The third-order valence-corrected chi connectivity index (χ3v) is 2.82. The Hall–Kier alpha value is -2.08. The van der Waals surface area contributed by atoms with Gasteiger partial charge in [-0.3, -0.25) is 0 Å². The van der Waals surface area contributed by atoms with Crippen LogP contribution in [0.4, 0.5) is 5.69 Å². The van der Waals surface area contributed by atoms with E-state index in [0.29, 0.717) is 18.7 Å². The van der Waals surface area contributed by atoms with Gasteiger partial charge >= 0.3 is 5.97 Å². The maximum Gasteiger partial charge on any atom is 0.331 e. The van der Waals surface area contributed by atoms with Crippen molar-refractivity contribution in [2.24, 2.45) is 4.99 Å². The highest BCUT2D eigenvalue weighted by atomic mass is 17.2. The van der Waals surface area contributed by atoms with Gasteiger partial charge in [-0.2, -0.15) is 4.89 Å². The molecule has 26 heavy (non-hydrogen) atoms. The molecule has 0 bridgehead atoms. The number of hydrogen-bond donors (Lipinski definition) is 1. The minimum absolute atomic E-state index is 0. The molecule has 1 atom stereocenters. The second-order valence-corrected chi connectivity index (χ2v) is 4.51. The lowest BCUT2D eigenvalue weighted by atomic mass is 10.1. The Labute approximate surface area is 160 Å². The van der Waals surface area contributed by atoms with E-state index in [9.17, 15) is 4.79 Å². The van der Waals surface area contributed by atoms with Crippen LogP contribution in [0.2, 0.25) is 0 Å². The summed E-state index contributed by atoms with van der Waals surface area (Å²) in [6.07, 6.45) is 3.46. The van der Waals surface area contributed by atoms with Gasteiger partial charge in [0, 0.05) is 12.1 Å². The number of rotatable bonds is 9. The third-order valence-electron chi connectivity index (χ3n) is 2.82. The van der Waals surface area contributed by atoms with Gasteiger partial charge < -0.3 is 15.4 Å². The van der Waals surface area contributed by atoms with Crippen molar-refractivity contribution in [3.8, 4) is 0 Å². The SMILES string of the molecule is C.C.C.CC.CCCCOOC=N[C@@H](Cc1ccc(N)cc1)C(=O)OC. The molecule has 1 aromatic carbocycles. The van der Waals surface area contributed by atoms with Gasteiger partial charge in [0.05, 0.1) is 13.7 Å².